The van der Waals surface area contributed by atoms with Crippen molar-refractivity contribution in [1.82, 2.24) is 10.2 Å². The Balaban J connectivity index is 0.00000280. The van der Waals surface area contributed by atoms with Crippen LogP contribution in [0.3, 0.4) is 0 Å². The van der Waals surface area contributed by atoms with Crippen molar-refractivity contribution >= 4 is 41.4 Å². The monoisotopic (exact) mass is 442 g/mol. The highest BCUT2D eigenvalue weighted by Crippen LogP contribution is 2.34. The quantitative estimate of drug-likeness (QED) is 0.728. The molecular weight excluding hydrogens is 419 g/mol. The molecule has 0 fully saturated rings. The van der Waals surface area contributed by atoms with Crippen LogP contribution in [0.25, 0.3) is 0 Å². The molecule has 0 aromatic heterocycles. The molecule has 0 spiro atoms. The average Bonchev–Trinajstić information content (AvgIpc) is 2.64. The zero-order valence-electron chi connectivity index (χ0n) is 16.2. The number of Topliss-reactive ketones (excluding diaryl/α,β-unsaturated/α-hetero) is 1. The molecule has 152 valence electrons. The van der Waals surface area contributed by atoms with Crippen LogP contribution in [-0.4, -0.2) is 45.0 Å². The SMILES string of the molecule is COc1ccc2c(c1)CCNC2(CN(C)C)C(=O)Cc1ccc(Cl)c(Cl)c1.Cl. The topological polar surface area (TPSA) is 41.6 Å². The second-order valence-electron chi connectivity index (χ2n) is 7.19. The Labute approximate surface area is 182 Å². The van der Waals surface area contributed by atoms with Crippen molar-refractivity contribution in [3.63, 3.8) is 0 Å². The molecule has 0 saturated carbocycles. The van der Waals surface area contributed by atoms with Crippen molar-refractivity contribution in [3.05, 3.63) is 63.1 Å². The fourth-order valence-corrected chi connectivity index (χ4v) is 4.08. The van der Waals surface area contributed by atoms with Gasteiger partial charge in [-0.05, 0) is 61.5 Å². The minimum absolute atomic E-state index is 0. The summed E-state index contributed by atoms with van der Waals surface area (Å²) in [6, 6.07) is 11.3. The summed E-state index contributed by atoms with van der Waals surface area (Å²) < 4.78 is 5.37. The lowest BCUT2D eigenvalue weighted by Gasteiger charge is -2.41. The maximum Gasteiger partial charge on any atom is 0.163 e. The molecule has 2 aromatic carbocycles. The van der Waals surface area contributed by atoms with Gasteiger partial charge in [-0.3, -0.25) is 10.1 Å². The molecule has 28 heavy (non-hydrogen) atoms. The second kappa shape index (κ2) is 9.47. The molecule has 2 aromatic rings. The summed E-state index contributed by atoms with van der Waals surface area (Å²) in [4.78, 5) is 15.6. The van der Waals surface area contributed by atoms with Crippen LogP contribution in [0.2, 0.25) is 10.0 Å². The van der Waals surface area contributed by atoms with Gasteiger partial charge >= 0.3 is 0 Å². The second-order valence-corrected chi connectivity index (χ2v) is 8.01. The van der Waals surface area contributed by atoms with E-state index in [1.807, 2.05) is 43.3 Å². The number of rotatable bonds is 6. The Hall–Kier alpha value is -1.30. The number of ether oxygens (including phenoxy) is 1. The van der Waals surface area contributed by atoms with E-state index in [9.17, 15) is 4.79 Å². The molecule has 0 saturated heterocycles. The molecule has 0 radical (unpaired) electrons. The third-order valence-corrected chi connectivity index (χ3v) is 5.71. The molecule has 1 heterocycles. The highest BCUT2D eigenvalue weighted by Gasteiger charge is 2.43. The van der Waals surface area contributed by atoms with Crippen molar-refractivity contribution in [1.29, 1.82) is 0 Å². The molecular formula is C21H25Cl3N2O2. The molecule has 4 nitrogen and oxygen atoms in total. The predicted molar refractivity (Wildman–Crippen MR) is 117 cm³/mol. The zero-order chi connectivity index (χ0) is 19.6. The number of hydrogen-bond acceptors (Lipinski definition) is 4. The van der Waals surface area contributed by atoms with Gasteiger partial charge in [-0.2, -0.15) is 0 Å². The first-order valence-corrected chi connectivity index (χ1v) is 9.65. The van der Waals surface area contributed by atoms with Crippen LogP contribution in [0.15, 0.2) is 36.4 Å². The number of nitrogens with one attached hydrogen (secondary N) is 1. The average molecular weight is 444 g/mol. The molecule has 1 N–H and O–H groups in total. The van der Waals surface area contributed by atoms with E-state index in [0.717, 1.165) is 35.4 Å². The lowest BCUT2D eigenvalue weighted by Crippen LogP contribution is -2.58. The summed E-state index contributed by atoms with van der Waals surface area (Å²) in [5, 5.41) is 4.47. The summed E-state index contributed by atoms with van der Waals surface area (Å²) in [5.74, 6) is 0.923. The van der Waals surface area contributed by atoms with Gasteiger partial charge in [0.05, 0.1) is 17.2 Å². The van der Waals surface area contributed by atoms with Crippen molar-refractivity contribution < 1.29 is 9.53 Å². The lowest BCUT2D eigenvalue weighted by atomic mass is 9.77. The number of carbonyl (C=O) groups excluding carboxylic acids is 1. The Morgan fingerprint density at radius 3 is 2.57 bits per heavy atom. The number of fused-ring (bicyclic) bond motifs is 1. The first-order valence-electron chi connectivity index (χ1n) is 8.90. The summed E-state index contributed by atoms with van der Waals surface area (Å²) in [7, 11) is 5.62. The highest BCUT2D eigenvalue weighted by molar-refractivity contribution is 6.42. The molecule has 1 aliphatic rings. The minimum Gasteiger partial charge on any atom is -0.497 e. The normalized spacial score (nSPS) is 18.4. The van der Waals surface area contributed by atoms with Gasteiger partial charge in [-0.25, -0.2) is 0 Å². The van der Waals surface area contributed by atoms with E-state index in [2.05, 4.69) is 5.32 Å². The molecule has 0 bridgehead atoms. The molecule has 1 aliphatic heterocycles. The number of nitrogens with zero attached hydrogens (tertiary/aromatic N) is 1. The molecule has 1 atom stereocenters. The first-order chi connectivity index (χ1) is 12.9. The first kappa shape index (κ1) is 23.0. The van der Waals surface area contributed by atoms with Crippen molar-refractivity contribution in [2.45, 2.75) is 18.4 Å². The maximum absolute atomic E-state index is 13.5. The zero-order valence-corrected chi connectivity index (χ0v) is 18.5. The third-order valence-electron chi connectivity index (χ3n) is 4.97. The van der Waals surface area contributed by atoms with Crippen LogP contribution in [-0.2, 0) is 23.2 Å². The summed E-state index contributed by atoms with van der Waals surface area (Å²) >= 11 is 12.1. The smallest absolute Gasteiger partial charge is 0.163 e. The summed E-state index contributed by atoms with van der Waals surface area (Å²) in [6.45, 7) is 1.31. The Kier molecular flexibility index (Phi) is 7.77. The fourth-order valence-electron chi connectivity index (χ4n) is 3.76. The number of halogens is 3. The largest absolute Gasteiger partial charge is 0.497 e. The third kappa shape index (κ3) is 4.64. The van der Waals surface area contributed by atoms with E-state index in [1.165, 1.54) is 0 Å². The van der Waals surface area contributed by atoms with Crippen LogP contribution < -0.4 is 10.1 Å². The van der Waals surface area contributed by atoms with Crippen LogP contribution in [0.4, 0.5) is 0 Å². The maximum atomic E-state index is 13.5. The van der Waals surface area contributed by atoms with E-state index in [-0.39, 0.29) is 24.6 Å². The highest BCUT2D eigenvalue weighted by atomic mass is 35.5. The van der Waals surface area contributed by atoms with Gasteiger partial charge in [-0.1, -0.05) is 35.3 Å². The van der Waals surface area contributed by atoms with E-state index in [4.69, 9.17) is 27.9 Å². The number of likely N-dealkylation sites (N-methyl/N-ethyl adjacent to an activating group) is 1. The minimum atomic E-state index is -0.768. The van der Waals surface area contributed by atoms with Gasteiger partial charge in [0.2, 0.25) is 0 Å². The Bertz CT molecular complexity index is 858. The lowest BCUT2D eigenvalue weighted by molar-refractivity contribution is -0.126. The number of hydrogen-bond donors (Lipinski definition) is 1. The van der Waals surface area contributed by atoms with Gasteiger partial charge in [0.1, 0.15) is 11.3 Å². The van der Waals surface area contributed by atoms with E-state index < -0.39 is 5.54 Å². The van der Waals surface area contributed by atoms with Crippen LogP contribution >= 0.6 is 35.6 Å². The van der Waals surface area contributed by atoms with Crippen molar-refractivity contribution in [3.8, 4) is 5.75 Å². The van der Waals surface area contributed by atoms with Crippen LogP contribution in [0.5, 0.6) is 5.75 Å². The van der Waals surface area contributed by atoms with E-state index in [1.54, 1.807) is 19.2 Å². The van der Waals surface area contributed by atoms with Gasteiger partial charge < -0.3 is 9.64 Å². The predicted octanol–water partition coefficient (Wildman–Crippen LogP) is 4.14. The molecule has 7 heteroatoms. The summed E-state index contributed by atoms with van der Waals surface area (Å²) in [5.41, 5.74) is 2.26. The number of benzene rings is 2. The standard InChI is InChI=1S/C21H24Cl2N2O2.ClH/c1-25(2)13-21(20(26)11-14-4-7-18(22)19(23)10-14)17-6-5-16(27-3)12-15(17)8-9-24-21;/h4-7,10,12,24H,8-9,11,13H2,1-3H3;1H. The Morgan fingerprint density at radius 1 is 1.18 bits per heavy atom. The van der Waals surface area contributed by atoms with E-state index in [0.29, 0.717) is 16.6 Å². The number of carbonyl (C=O) groups is 1. The van der Waals surface area contributed by atoms with Gasteiger partial charge in [-0.15, -0.1) is 12.4 Å². The van der Waals surface area contributed by atoms with Gasteiger partial charge in [0.25, 0.3) is 0 Å². The van der Waals surface area contributed by atoms with E-state index >= 15 is 0 Å². The van der Waals surface area contributed by atoms with Gasteiger partial charge in [0.15, 0.2) is 5.78 Å². The Morgan fingerprint density at radius 2 is 1.93 bits per heavy atom. The molecule has 0 amide bonds. The number of methoxy groups -OCH3 is 1. The molecule has 1 unspecified atom stereocenters. The molecule has 3 rings (SSSR count). The van der Waals surface area contributed by atoms with Crippen LogP contribution in [0.1, 0.15) is 16.7 Å². The summed E-state index contributed by atoms with van der Waals surface area (Å²) in [6.07, 6.45) is 1.14. The van der Waals surface area contributed by atoms with Crippen LogP contribution in [0, 0.1) is 0 Å². The van der Waals surface area contributed by atoms with Crippen molar-refractivity contribution in [2.75, 3.05) is 34.3 Å². The van der Waals surface area contributed by atoms with Crippen molar-refractivity contribution in [2.24, 2.45) is 0 Å². The molecule has 0 aliphatic carbocycles. The number of ketones is 1. The van der Waals surface area contributed by atoms with Gasteiger partial charge in [0, 0.05) is 19.5 Å². The fraction of sp³-hybridized carbons (Fsp3) is 0.381.